The van der Waals surface area contributed by atoms with Gasteiger partial charge < -0.3 is 20.3 Å². The van der Waals surface area contributed by atoms with E-state index in [0.29, 0.717) is 12.1 Å². The van der Waals surface area contributed by atoms with E-state index >= 15 is 0 Å². The Labute approximate surface area is 166 Å². The van der Waals surface area contributed by atoms with Crippen molar-refractivity contribution in [1.82, 2.24) is 15.5 Å². The summed E-state index contributed by atoms with van der Waals surface area (Å²) in [5, 5.41) is 6.66. The van der Waals surface area contributed by atoms with Crippen molar-refractivity contribution in [2.24, 2.45) is 4.99 Å². The standard InChI is InChI=1S/C22H28N4O2/c1-23-22(24-12-10-16-6-9-20-19(14-16)11-13-28-20)25-15-17-4-7-18(8-5-17)21(27)26(2)3/h4-9,14H,10-13,15H2,1-3H3,(H2,23,24,25). The number of carbonyl (C=O) groups is 1. The first-order valence-electron chi connectivity index (χ1n) is 9.56. The summed E-state index contributed by atoms with van der Waals surface area (Å²) in [7, 11) is 5.27. The molecule has 0 fully saturated rings. The molecule has 0 bridgehead atoms. The number of carbonyl (C=O) groups excluding carboxylic acids is 1. The molecular weight excluding hydrogens is 352 g/mol. The Morgan fingerprint density at radius 3 is 2.57 bits per heavy atom. The molecular formula is C22H28N4O2. The molecule has 0 aromatic heterocycles. The highest BCUT2D eigenvalue weighted by Crippen LogP contribution is 2.25. The van der Waals surface area contributed by atoms with E-state index in [-0.39, 0.29) is 5.91 Å². The number of benzene rings is 2. The van der Waals surface area contributed by atoms with Crippen molar-refractivity contribution >= 4 is 11.9 Å². The molecule has 1 heterocycles. The van der Waals surface area contributed by atoms with Crippen molar-refractivity contribution in [3.05, 3.63) is 64.7 Å². The molecule has 1 aliphatic heterocycles. The minimum atomic E-state index is 0.00935. The Morgan fingerprint density at radius 1 is 1.11 bits per heavy atom. The molecule has 0 saturated carbocycles. The van der Waals surface area contributed by atoms with Crippen molar-refractivity contribution in [1.29, 1.82) is 0 Å². The van der Waals surface area contributed by atoms with E-state index in [1.807, 2.05) is 24.3 Å². The molecule has 2 N–H and O–H groups in total. The van der Waals surface area contributed by atoms with Gasteiger partial charge in [0, 0.05) is 46.2 Å². The highest BCUT2D eigenvalue weighted by molar-refractivity contribution is 5.93. The fraction of sp³-hybridized carbons (Fsp3) is 0.364. The maximum Gasteiger partial charge on any atom is 0.253 e. The molecule has 2 aromatic carbocycles. The van der Waals surface area contributed by atoms with Gasteiger partial charge in [-0.05, 0) is 41.3 Å². The van der Waals surface area contributed by atoms with E-state index < -0.39 is 0 Å². The van der Waals surface area contributed by atoms with Crippen LogP contribution in [0.1, 0.15) is 27.0 Å². The number of hydrogen-bond acceptors (Lipinski definition) is 3. The minimum Gasteiger partial charge on any atom is -0.493 e. The first-order valence-corrected chi connectivity index (χ1v) is 9.56. The molecule has 6 nitrogen and oxygen atoms in total. The molecule has 1 aliphatic rings. The second kappa shape index (κ2) is 9.26. The lowest BCUT2D eigenvalue weighted by atomic mass is 10.1. The van der Waals surface area contributed by atoms with Gasteiger partial charge in [0.25, 0.3) is 5.91 Å². The molecule has 148 valence electrons. The van der Waals surface area contributed by atoms with Gasteiger partial charge in [-0.2, -0.15) is 0 Å². The number of rotatable bonds is 6. The number of ether oxygens (including phenoxy) is 1. The summed E-state index contributed by atoms with van der Waals surface area (Å²) in [6, 6.07) is 14.1. The van der Waals surface area contributed by atoms with E-state index in [1.165, 1.54) is 11.1 Å². The smallest absolute Gasteiger partial charge is 0.253 e. The van der Waals surface area contributed by atoms with Crippen LogP contribution in [0.3, 0.4) is 0 Å². The van der Waals surface area contributed by atoms with Crippen LogP contribution in [0.2, 0.25) is 0 Å². The van der Waals surface area contributed by atoms with E-state index in [9.17, 15) is 4.79 Å². The average molecular weight is 380 g/mol. The fourth-order valence-corrected chi connectivity index (χ4v) is 3.15. The van der Waals surface area contributed by atoms with Gasteiger partial charge in [-0.15, -0.1) is 0 Å². The molecule has 1 amide bonds. The van der Waals surface area contributed by atoms with Crippen LogP contribution in [-0.4, -0.2) is 51.1 Å². The normalized spacial score (nSPS) is 12.9. The number of nitrogens with one attached hydrogen (secondary N) is 2. The molecule has 0 saturated heterocycles. The maximum atomic E-state index is 11.9. The number of amides is 1. The third-order valence-corrected chi connectivity index (χ3v) is 4.75. The predicted octanol–water partition coefficient (Wildman–Crippen LogP) is 2.23. The Hall–Kier alpha value is -3.02. The van der Waals surface area contributed by atoms with Gasteiger partial charge in [-0.25, -0.2) is 0 Å². The second-order valence-corrected chi connectivity index (χ2v) is 7.04. The minimum absolute atomic E-state index is 0.00935. The van der Waals surface area contributed by atoms with Crippen molar-refractivity contribution < 1.29 is 9.53 Å². The van der Waals surface area contributed by atoms with Crippen LogP contribution in [0.4, 0.5) is 0 Å². The molecule has 0 spiro atoms. The summed E-state index contributed by atoms with van der Waals surface area (Å²) in [6.07, 6.45) is 1.92. The first-order chi connectivity index (χ1) is 13.6. The summed E-state index contributed by atoms with van der Waals surface area (Å²) >= 11 is 0. The van der Waals surface area contributed by atoms with Gasteiger partial charge >= 0.3 is 0 Å². The number of hydrogen-bond donors (Lipinski definition) is 2. The lowest BCUT2D eigenvalue weighted by Crippen LogP contribution is -2.37. The van der Waals surface area contributed by atoms with Crippen LogP contribution < -0.4 is 15.4 Å². The highest BCUT2D eigenvalue weighted by Gasteiger charge is 2.12. The Bertz CT molecular complexity index is 844. The molecule has 0 aliphatic carbocycles. The molecule has 28 heavy (non-hydrogen) atoms. The Morgan fingerprint density at radius 2 is 1.86 bits per heavy atom. The van der Waals surface area contributed by atoms with Crippen LogP contribution in [0.15, 0.2) is 47.5 Å². The zero-order valence-corrected chi connectivity index (χ0v) is 16.8. The van der Waals surface area contributed by atoms with Crippen molar-refractivity contribution in [2.75, 3.05) is 34.3 Å². The van der Waals surface area contributed by atoms with Crippen LogP contribution in [0.25, 0.3) is 0 Å². The monoisotopic (exact) mass is 380 g/mol. The number of nitrogens with zero attached hydrogens (tertiary/aromatic N) is 2. The molecule has 2 aromatic rings. The van der Waals surface area contributed by atoms with E-state index in [2.05, 4.69) is 33.8 Å². The molecule has 3 rings (SSSR count). The third kappa shape index (κ3) is 5.03. The summed E-state index contributed by atoms with van der Waals surface area (Å²) < 4.78 is 5.55. The van der Waals surface area contributed by atoms with Crippen molar-refractivity contribution in [3.63, 3.8) is 0 Å². The summed E-state index contributed by atoms with van der Waals surface area (Å²) in [5.41, 5.74) is 4.39. The quantitative estimate of drug-likeness (QED) is 0.596. The van der Waals surface area contributed by atoms with Crippen LogP contribution in [0.5, 0.6) is 5.75 Å². The van der Waals surface area contributed by atoms with E-state index in [4.69, 9.17) is 4.74 Å². The van der Waals surface area contributed by atoms with E-state index in [1.54, 1.807) is 26.0 Å². The third-order valence-electron chi connectivity index (χ3n) is 4.75. The summed E-state index contributed by atoms with van der Waals surface area (Å²) in [4.78, 5) is 17.8. The lowest BCUT2D eigenvalue weighted by molar-refractivity contribution is 0.0827. The zero-order valence-electron chi connectivity index (χ0n) is 16.8. The van der Waals surface area contributed by atoms with Crippen LogP contribution in [0, 0.1) is 0 Å². The van der Waals surface area contributed by atoms with Gasteiger partial charge in [0.1, 0.15) is 5.75 Å². The second-order valence-electron chi connectivity index (χ2n) is 7.04. The number of aliphatic imine (C=N–C) groups is 1. The Balaban J connectivity index is 1.45. The molecule has 0 unspecified atom stereocenters. The van der Waals surface area contributed by atoms with Gasteiger partial charge in [-0.1, -0.05) is 24.3 Å². The van der Waals surface area contributed by atoms with Gasteiger partial charge in [0.2, 0.25) is 0 Å². The topological polar surface area (TPSA) is 66.0 Å². The Kier molecular flexibility index (Phi) is 6.53. The largest absolute Gasteiger partial charge is 0.493 e. The van der Waals surface area contributed by atoms with Gasteiger partial charge in [0.15, 0.2) is 5.96 Å². The van der Waals surface area contributed by atoms with Crippen molar-refractivity contribution in [2.45, 2.75) is 19.4 Å². The highest BCUT2D eigenvalue weighted by atomic mass is 16.5. The average Bonchev–Trinajstić information content (AvgIpc) is 3.18. The first kappa shape index (κ1) is 19.7. The SMILES string of the molecule is CN=C(NCCc1ccc2c(c1)CCO2)NCc1ccc(C(=O)N(C)C)cc1. The number of guanidine groups is 1. The fourth-order valence-electron chi connectivity index (χ4n) is 3.15. The van der Waals surface area contributed by atoms with Crippen molar-refractivity contribution in [3.8, 4) is 5.75 Å². The van der Waals surface area contributed by atoms with Gasteiger partial charge in [-0.3, -0.25) is 9.79 Å². The summed E-state index contributed by atoms with van der Waals surface area (Å²) in [5.74, 6) is 1.79. The number of fused-ring (bicyclic) bond motifs is 1. The zero-order chi connectivity index (χ0) is 19.9. The lowest BCUT2D eigenvalue weighted by Gasteiger charge is -2.13. The van der Waals surface area contributed by atoms with E-state index in [0.717, 1.165) is 43.3 Å². The molecule has 0 atom stereocenters. The van der Waals surface area contributed by atoms with Crippen LogP contribution >= 0.6 is 0 Å². The maximum absolute atomic E-state index is 11.9. The van der Waals surface area contributed by atoms with Gasteiger partial charge in [0.05, 0.1) is 6.61 Å². The summed E-state index contributed by atoms with van der Waals surface area (Å²) in [6.45, 7) is 2.24. The molecule has 0 radical (unpaired) electrons. The van der Waals surface area contributed by atoms with Crippen LogP contribution in [-0.2, 0) is 19.4 Å². The molecule has 6 heteroatoms. The predicted molar refractivity (Wildman–Crippen MR) is 112 cm³/mol.